The van der Waals surface area contributed by atoms with Crippen molar-refractivity contribution in [3.8, 4) is 5.75 Å². The number of benzene rings is 2. The molecule has 2 aromatic carbocycles. The second kappa shape index (κ2) is 7.84. The van der Waals surface area contributed by atoms with Crippen LogP contribution in [0.15, 0.2) is 47.4 Å². The molecule has 2 aromatic rings. The molecule has 0 radical (unpaired) electrons. The van der Waals surface area contributed by atoms with Gasteiger partial charge in [-0.1, -0.05) is 17.7 Å². The Morgan fingerprint density at radius 1 is 1.20 bits per heavy atom. The summed E-state index contributed by atoms with van der Waals surface area (Å²) in [6.45, 7) is -0.249. The van der Waals surface area contributed by atoms with Crippen LogP contribution in [0.25, 0.3) is 0 Å². The van der Waals surface area contributed by atoms with Crippen LogP contribution in [-0.4, -0.2) is 39.1 Å². The molecule has 1 amide bonds. The Morgan fingerprint density at radius 3 is 2.40 bits per heavy atom. The average Bonchev–Trinajstić information content (AvgIpc) is 2.55. The van der Waals surface area contributed by atoms with E-state index in [0.29, 0.717) is 5.75 Å². The molecule has 0 atom stereocenters. The number of amides is 1. The molecule has 2 rings (SSSR count). The highest BCUT2D eigenvalue weighted by Gasteiger charge is 2.15. The highest BCUT2D eigenvalue weighted by Crippen LogP contribution is 2.20. The largest absolute Gasteiger partial charge is 0.484 e. The molecule has 25 heavy (non-hydrogen) atoms. The SMILES string of the molecule is CN(Cc1c(F)cccc1Cl)C(=O)COc1ccc(S(C)(=O)=O)cc1. The minimum Gasteiger partial charge on any atom is -0.484 e. The van der Waals surface area contributed by atoms with Gasteiger partial charge in [-0.25, -0.2) is 12.8 Å². The second-order valence-electron chi connectivity index (χ2n) is 5.48. The van der Waals surface area contributed by atoms with Gasteiger partial charge >= 0.3 is 0 Å². The first-order chi connectivity index (χ1) is 11.7. The monoisotopic (exact) mass is 385 g/mol. The van der Waals surface area contributed by atoms with Gasteiger partial charge in [0.05, 0.1) is 4.90 Å². The van der Waals surface area contributed by atoms with Gasteiger partial charge in [0.2, 0.25) is 0 Å². The molecule has 5 nitrogen and oxygen atoms in total. The van der Waals surface area contributed by atoms with E-state index < -0.39 is 15.7 Å². The Labute approximate surface area is 150 Å². The minimum atomic E-state index is -3.29. The van der Waals surface area contributed by atoms with Crippen LogP contribution < -0.4 is 4.74 Å². The predicted molar refractivity (Wildman–Crippen MR) is 92.9 cm³/mol. The Bertz CT molecular complexity index is 848. The summed E-state index contributed by atoms with van der Waals surface area (Å²) in [7, 11) is -1.77. The summed E-state index contributed by atoms with van der Waals surface area (Å²) >= 11 is 5.94. The van der Waals surface area contributed by atoms with E-state index in [0.717, 1.165) is 6.26 Å². The topological polar surface area (TPSA) is 63.7 Å². The first kappa shape index (κ1) is 19.2. The van der Waals surface area contributed by atoms with E-state index in [1.165, 1.54) is 48.3 Å². The highest BCUT2D eigenvalue weighted by atomic mass is 35.5. The normalized spacial score (nSPS) is 11.2. The Morgan fingerprint density at radius 2 is 1.84 bits per heavy atom. The molecule has 8 heteroatoms. The van der Waals surface area contributed by atoms with Gasteiger partial charge in [0.1, 0.15) is 11.6 Å². The lowest BCUT2D eigenvalue weighted by Crippen LogP contribution is -2.31. The lowest BCUT2D eigenvalue weighted by atomic mass is 10.2. The van der Waals surface area contributed by atoms with Gasteiger partial charge in [0.25, 0.3) is 5.91 Å². The van der Waals surface area contributed by atoms with E-state index in [2.05, 4.69) is 0 Å². The van der Waals surface area contributed by atoms with Crippen molar-refractivity contribution in [2.75, 3.05) is 19.9 Å². The summed E-state index contributed by atoms with van der Waals surface area (Å²) in [6.07, 6.45) is 1.11. The van der Waals surface area contributed by atoms with Gasteiger partial charge in [-0.15, -0.1) is 0 Å². The minimum absolute atomic E-state index is 0.0146. The first-order valence-electron chi connectivity index (χ1n) is 7.28. The molecule has 134 valence electrons. The maximum Gasteiger partial charge on any atom is 0.260 e. The van der Waals surface area contributed by atoms with Crippen molar-refractivity contribution in [3.05, 3.63) is 58.9 Å². The van der Waals surface area contributed by atoms with Gasteiger partial charge in [0.15, 0.2) is 16.4 Å². The molecular weight excluding hydrogens is 369 g/mol. The molecule has 0 unspecified atom stereocenters. The van der Waals surface area contributed by atoms with Crippen molar-refractivity contribution in [1.82, 2.24) is 4.90 Å². The zero-order valence-electron chi connectivity index (χ0n) is 13.7. The van der Waals surface area contributed by atoms with E-state index in [4.69, 9.17) is 16.3 Å². The molecule has 0 spiro atoms. The van der Waals surface area contributed by atoms with Crippen LogP contribution in [0, 0.1) is 5.82 Å². The van der Waals surface area contributed by atoms with Crippen molar-refractivity contribution in [3.63, 3.8) is 0 Å². The lowest BCUT2D eigenvalue weighted by Gasteiger charge is -2.18. The van der Waals surface area contributed by atoms with Crippen LogP contribution in [0.4, 0.5) is 4.39 Å². The number of likely N-dealkylation sites (N-methyl/N-ethyl adjacent to an activating group) is 1. The fourth-order valence-electron chi connectivity index (χ4n) is 2.05. The summed E-state index contributed by atoms with van der Waals surface area (Å²) in [5.41, 5.74) is 0.234. The Balaban J connectivity index is 1.95. The standard InChI is InChI=1S/C17H17ClFNO4S/c1-20(10-14-15(18)4-3-5-16(14)19)17(21)11-24-12-6-8-13(9-7-12)25(2,22)23/h3-9H,10-11H2,1-2H3. The van der Waals surface area contributed by atoms with Crippen LogP contribution in [0.1, 0.15) is 5.56 Å². The van der Waals surface area contributed by atoms with Gasteiger partial charge in [0, 0.05) is 30.4 Å². The number of carbonyl (C=O) groups is 1. The molecule has 0 aliphatic heterocycles. The van der Waals surface area contributed by atoms with Crippen molar-refractivity contribution in [2.45, 2.75) is 11.4 Å². The maximum absolute atomic E-state index is 13.8. The van der Waals surface area contributed by atoms with Gasteiger partial charge in [-0.05, 0) is 36.4 Å². The maximum atomic E-state index is 13.8. The summed E-state index contributed by atoms with van der Waals surface area (Å²) in [6, 6.07) is 10.1. The molecule has 0 bridgehead atoms. The molecule has 0 saturated heterocycles. The number of hydrogen-bond donors (Lipinski definition) is 0. The highest BCUT2D eigenvalue weighted by molar-refractivity contribution is 7.90. The predicted octanol–water partition coefficient (Wildman–Crippen LogP) is 2.92. The van der Waals surface area contributed by atoms with Gasteiger partial charge in [-0.3, -0.25) is 4.79 Å². The molecular formula is C17H17ClFNO4S. The van der Waals surface area contributed by atoms with E-state index in [-0.39, 0.29) is 34.5 Å². The second-order valence-corrected chi connectivity index (χ2v) is 7.91. The van der Waals surface area contributed by atoms with Crippen molar-refractivity contribution in [1.29, 1.82) is 0 Å². The number of rotatable bonds is 6. The number of nitrogens with zero attached hydrogens (tertiary/aromatic N) is 1. The average molecular weight is 386 g/mol. The summed E-state index contributed by atoms with van der Waals surface area (Å²) in [5.74, 6) is -0.492. The van der Waals surface area contributed by atoms with E-state index in [1.54, 1.807) is 6.07 Å². The molecule has 0 N–H and O–H groups in total. The Kier molecular flexibility index (Phi) is 6.02. The molecule has 0 aliphatic rings. The summed E-state index contributed by atoms with van der Waals surface area (Å²) in [5, 5.41) is 0.247. The van der Waals surface area contributed by atoms with E-state index in [1.807, 2.05) is 0 Å². The third-order valence-corrected chi connectivity index (χ3v) is 4.98. The number of hydrogen-bond acceptors (Lipinski definition) is 4. The third-order valence-electron chi connectivity index (χ3n) is 3.50. The van der Waals surface area contributed by atoms with E-state index in [9.17, 15) is 17.6 Å². The van der Waals surface area contributed by atoms with E-state index >= 15 is 0 Å². The van der Waals surface area contributed by atoms with Crippen LogP contribution in [-0.2, 0) is 21.2 Å². The fourth-order valence-corrected chi connectivity index (χ4v) is 2.90. The van der Waals surface area contributed by atoms with Crippen molar-refractivity contribution < 1.29 is 22.3 Å². The van der Waals surface area contributed by atoms with Crippen LogP contribution in [0.5, 0.6) is 5.75 Å². The molecule has 0 heterocycles. The number of carbonyl (C=O) groups excluding carboxylic acids is 1. The van der Waals surface area contributed by atoms with Crippen LogP contribution in [0.3, 0.4) is 0 Å². The third kappa shape index (κ3) is 5.17. The molecule has 0 aromatic heterocycles. The van der Waals surface area contributed by atoms with Crippen LogP contribution in [0.2, 0.25) is 5.02 Å². The fraction of sp³-hybridized carbons (Fsp3) is 0.235. The zero-order valence-corrected chi connectivity index (χ0v) is 15.3. The van der Waals surface area contributed by atoms with Crippen molar-refractivity contribution >= 4 is 27.3 Å². The summed E-state index contributed by atoms with van der Waals surface area (Å²) in [4.78, 5) is 13.6. The number of sulfone groups is 1. The smallest absolute Gasteiger partial charge is 0.260 e. The molecule has 0 fully saturated rings. The van der Waals surface area contributed by atoms with Gasteiger partial charge in [-0.2, -0.15) is 0 Å². The van der Waals surface area contributed by atoms with Gasteiger partial charge < -0.3 is 9.64 Å². The molecule has 0 saturated carbocycles. The summed E-state index contributed by atoms with van der Waals surface area (Å²) < 4.78 is 41.9. The van der Waals surface area contributed by atoms with Crippen LogP contribution >= 0.6 is 11.6 Å². The quantitative estimate of drug-likeness (QED) is 0.767. The lowest BCUT2D eigenvalue weighted by molar-refractivity contribution is -0.132. The molecule has 0 aliphatic carbocycles. The number of halogens is 2. The number of ether oxygens (including phenoxy) is 1. The Hall–Kier alpha value is -2.12. The zero-order chi connectivity index (χ0) is 18.6. The first-order valence-corrected chi connectivity index (χ1v) is 9.55. The van der Waals surface area contributed by atoms with Crippen molar-refractivity contribution in [2.24, 2.45) is 0 Å².